The molecule has 1 aromatic rings. The molecule has 0 saturated carbocycles. The Balaban J connectivity index is 2.22. The summed E-state index contributed by atoms with van der Waals surface area (Å²) in [6, 6.07) is 5.27. The number of rotatable bonds is 1. The van der Waals surface area contributed by atoms with Crippen LogP contribution in [-0.2, 0) is 9.53 Å². The van der Waals surface area contributed by atoms with Crippen LogP contribution in [0.25, 0.3) is 0 Å². The van der Waals surface area contributed by atoms with Gasteiger partial charge >= 0.3 is 12.3 Å². The predicted octanol–water partition coefficient (Wildman–Crippen LogP) is 1.72. The number of hydrogen-bond donors (Lipinski definition) is 0. The van der Waals surface area contributed by atoms with E-state index in [4.69, 9.17) is 9.47 Å². The number of hydrogen-bond acceptors (Lipinski definition) is 4. The summed E-state index contributed by atoms with van der Waals surface area (Å²) in [7, 11) is 1.29. The third-order valence-electron chi connectivity index (χ3n) is 1.77. The van der Waals surface area contributed by atoms with Crippen LogP contribution < -0.4 is 9.47 Å². The number of carbonyl (C=O) groups excluding carboxylic acids is 1. The maximum absolute atomic E-state index is 11.1. The van der Waals surface area contributed by atoms with E-state index in [-0.39, 0.29) is 0 Å². The van der Waals surface area contributed by atoms with Gasteiger partial charge in [0, 0.05) is 4.47 Å². The molecule has 74 valence electrons. The van der Waals surface area contributed by atoms with Gasteiger partial charge in [0.1, 0.15) is 0 Å². The molecule has 4 nitrogen and oxygen atoms in total. The molecule has 0 spiro atoms. The van der Waals surface area contributed by atoms with Gasteiger partial charge in [0.2, 0.25) is 0 Å². The first-order valence-electron chi connectivity index (χ1n) is 3.91. The van der Waals surface area contributed by atoms with Gasteiger partial charge in [-0.05, 0) is 18.2 Å². The Morgan fingerprint density at radius 2 is 2.14 bits per heavy atom. The van der Waals surface area contributed by atoms with Gasteiger partial charge in [0.15, 0.2) is 11.5 Å². The van der Waals surface area contributed by atoms with Crippen molar-refractivity contribution in [3.05, 3.63) is 22.7 Å². The van der Waals surface area contributed by atoms with Crippen molar-refractivity contribution in [3.63, 3.8) is 0 Å². The molecule has 0 aromatic heterocycles. The van der Waals surface area contributed by atoms with E-state index in [2.05, 4.69) is 20.7 Å². The maximum atomic E-state index is 11.1. The molecule has 0 N–H and O–H groups in total. The molecule has 0 saturated heterocycles. The number of halogens is 1. The van der Waals surface area contributed by atoms with Crippen LogP contribution >= 0.6 is 15.9 Å². The monoisotopic (exact) mass is 258 g/mol. The van der Waals surface area contributed by atoms with Gasteiger partial charge in [-0.2, -0.15) is 0 Å². The van der Waals surface area contributed by atoms with Crippen molar-refractivity contribution < 1.29 is 19.0 Å². The van der Waals surface area contributed by atoms with Gasteiger partial charge in [0.25, 0.3) is 0 Å². The van der Waals surface area contributed by atoms with Crippen molar-refractivity contribution in [1.29, 1.82) is 0 Å². The highest BCUT2D eigenvalue weighted by Crippen LogP contribution is 2.36. The van der Waals surface area contributed by atoms with Crippen LogP contribution in [0.5, 0.6) is 11.5 Å². The van der Waals surface area contributed by atoms with Crippen LogP contribution in [0.2, 0.25) is 0 Å². The molecule has 2 rings (SSSR count). The highest BCUT2D eigenvalue weighted by molar-refractivity contribution is 9.10. The number of benzene rings is 1. The summed E-state index contributed by atoms with van der Waals surface area (Å²) in [5.74, 6) is 0.538. The summed E-state index contributed by atoms with van der Waals surface area (Å²) in [5.41, 5.74) is 0. The van der Waals surface area contributed by atoms with Gasteiger partial charge in [-0.1, -0.05) is 15.9 Å². The van der Waals surface area contributed by atoms with Crippen LogP contribution in [0.1, 0.15) is 0 Å². The van der Waals surface area contributed by atoms with Crippen molar-refractivity contribution in [2.75, 3.05) is 7.11 Å². The van der Waals surface area contributed by atoms with Crippen molar-refractivity contribution in [2.45, 2.75) is 6.29 Å². The number of carbonyl (C=O) groups is 1. The second-order valence-electron chi connectivity index (χ2n) is 2.68. The SMILES string of the molecule is COC(=O)C1Oc2ccc(Br)cc2O1. The van der Waals surface area contributed by atoms with Crippen LogP contribution in [0.15, 0.2) is 22.7 Å². The zero-order valence-electron chi connectivity index (χ0n) is 7.32. The number of fused-ring (bicyclic) bond motifs is 1. The van der Waals surface area contributed by atoms with Crippen LogP contribution in [0, 0.1) is 0 Å². The quantitative estimate of drug-likeness (QED) is 0.720. The fraction of sp³-hybridized carbons (Fsp3) is 0.222. The highest BCUT2D eigenvalue weighted by Gasteiger charge is 2.31. The molecule has 0 bridgehead atoms. The first kappa shape index (κ1) is 9.33. The highest BCUT2D eigenvalue weighted by atomic mass is 79.9. The normalized spacial score (nSPS) is 18.0. The first-order valence-corrected chi connectivity index (χ1v) is 4.70. The maximum Gasteiger partial charge on any atom is 0.389 e. The molecular formula is C9H7BrO4. The van der Waals surface area contributed by atoms with Crippen LogP contribution in [0.4, 0.5) is 0 Å². The van der Waals surface area contributed by atoms with Crippen molar-refractivity contribution >= 4 is 21.9 Å². The molecule has 1 aliphatic heterocycles. The standard InChI is InChI=1S/C9H7BrO4/c1-12-8(11)9-13-6-3-2-5(10)4-7(6)14-9/h2-4,9H,1H3. The number of ether oxygens (including phenoxy) is 3. The average Bonchev–Trinajstić information content (AvgIpc) is 2.59. The fourth-order valence-corrected chi connectivity index (χ4v) is 1.46. The molecule has 5 heteroatoms. The van der Waals surface area contributed by atoms with E-state index in [1.165, 1.54) is 7.11 Å². The van der Waals surface area contributed by atoms with Crippen molar-refractivity contribution in [1.82, 2.24) is 0 Å². The van der Waals surface area contributed by atoms with Gasteiger partial charge in [0.05, 0.1) is 7.11 Å². The van der Waals surface area contributed by atoms with Gasteiger partial charge in [-0.25, -0.2) is 4.79 Å². The Morgan fingerprint density at radius 1 is 1.43 bits per heavy atom. The third-order valence-corrected chi connectivity index (χ3v) is 2.26. The van der Waals surface area contributed by atoms with E-state index in [0.29, 0.717) is 11.5 Å². The molecule has 1 aliphatic rings. The summed E-state index contributed by atoms with van der Waals surface area (Å²) in [6.45, 7) is 0. The molecule has 0 amide bonds. The second kappa shape index (κ2) is 3.49. The predicted molar refractivity (Wildman–Crippen MR) is 51.2 cm³/mol. The Labute approximate surface area is 88.9 Å². The number of methoxy groups -OCH3 is 1. The molecule has 14 heavy (non-hydrogen) atoms. The lowest BCUT2D eigenvalue weighted by Gasteiger charge is -2.05. The Kier molecular flexibility index (Phi) is 2.33. The lowest BCUT2D eigenvalue weighted by Crippen LogP contribution is -2.30. The topological polar surface area (TPSA) is 44.8 Å². The summed E-state index contributed by atoms with van der Waals surface area (Å²) in [5, 5.41) is 0. The van der Waals surface area contributed by atoms with E-state index < -0.39 is 12.3 Å². The Hall–Kier alpha value is -1.23. The molecule has 1 aromatic carbocycles. The summed E-state index contributed by atoms with van der Waals surface area (Å²) < 4.78 is 15.8. The molecule has 0 aliphatic carbocycles. The second-order valence-corrected chi connectivity index (χ2v) is 3.60. The summed E-state index contributed by atoms with van der Waals surface area (Å²) in [6.07, 6.45) is -0.982. The fourth-order valence-electron chi connectivity index (χ4n) is 1.12. The average molecular weight is 259 g/mol. The van der Waals surface area contributed by atoms with E-state index in [1.807, 2.05) is 6.07 Å². The lowest BCUT2D eigenvalue weighted by molar-refractivity contribution is -0.158. The minimum atomic E-state index is -0.982. The molecule has 0 fully saturated rings. The van der Waals surface area contributed by atoms with E-state index in [0.717, 1.165) is 4.47 Å². The smallest absolute Gasteiger partial charge is 0.389 e. The van der Waals surface area contributed by atoms with E-state index >= 15 is 0 Å². The largest absolute Gasteiger partial charge is 0.463 e. The van der Waals surface area contributed by atoms with Gasteiger partial charge in [-0.15, -0.1) is 0 Å². The van der Waals surface area contributed by atoms with Gasteiger partial charge < -0.3 is 14.2 Å². The third kappa shape index (κ3) is 1.55. The Bertz CT molecular complexity index is 377. The van der Waals surface area contributed by atoms with Crippen molar-refractivity contribution in [3.8, 4) is 11.5 Å². The Morgan fingerprint density at radius 3 is 2.86 bits per heavy atom. The van der Waals surface area contributed by atoms with Gasteiger partial charge in [-0.3, -0.25) is 0 Å². The number of esters is 1. The molecular weight excluding hydrogens is 252 g/mol. The summed E-state index contributed by atoms with van der Waals surface area (Å²) >= 11 is 3.29. The molecule has 1 atom stereocenters. The van der Waals surface area contributed by atoms with Crippen LogP contribution in [-0.4, -0.2) is 19.4 Å². The molecule has 1 heterocycles. The molecule has 1 unspecified atom stereocenters. The van der Waals surface area contributed by atoms with Crippen molar-refractivity contribution in [2.24, 2.45) is 0 Å². The zero-order chi connectivity index (χ0) is 10.1. The minimum Gasteiger partial charge on any atom is -0.463 e. The zero-order valence-corrected chi connectivity index (χ0v) is 8.91. The van der Waals surface area contributed by atoms with E-state index in [1.54, 1.807) is 12.1 Å². The minimum absolute atomic E-state index is 0.537. The van der Waals surface area contributed by atoms with E-state index in [9.17, 15) is 4.79 Å². The first-order chi connectivity index (χ1) is 6.70. The lowest BCUT2D eigenvalue weighted by atomic mass is 10.3. The summed E-state index contributed by atoms with van der Waals surface area (Å²) in [4.78, 5) is 11.1. The molecule has 0 radical (unpaired) electrons. The van der Waals surface area contributed by atoms with Crippen LogP contribution in [0.3, 0.4) is 0 Å².